The largest absolute Gasteiger partial charge is 0.466 e. The quantitative estimate of drug-likeness (QED) is 0.761. The molecule has 4 fully saturated rings. The van der Waals surface area contributed by atoms with E-state index in [1.54, 1.807) is 11.3 Å². The first kappa shape index (κ1) is 18.0. The highest BCUT2D eigenvalue weighted by Crippen LogP contribution is 2.57. The second-order valence-corrected chi connectivity index (χ2v) is 8.64. The Bertz CT molecular complexity index is 644. The lowest BCUT2D eigenvalue weighted by molar-refractivity contribution is -0.142. The number of nitrogens with zero attached hydrogens (tertiary/aromatic N) is 2. The number of hydrogen-bond acceptors (Lipinski definition) is 4. The van der Waals surface area contributed by atoms with Gasteiger partial charge >= 0.3 is 5.97 Å². The fraction of sp³-hybridized carbons (Fsp3) is 0.778. The molecule has 0 atom stereocenters. The van der Waals surface area contributed by atoms with Crippen molar-refractivity contribution in [3.63, 3.8) is 0 Å². The molecule has 0 saturated heterocycles. The number of carbonyl (C=O) groups is 1. The van der Waals surface area contributed by atoms with Crippen LogP contribution in [0.3, 0.4) is 0 Å². The van der Waals surface area contributed by atoms with Crippen LogP contribution in [0.25, 0.3) is 0 Å². The number of rotatable bonds is 4. The third kappa shape index (κ3) is 3.30. The highest BCUT2D eigenvalue weighted by Gasteiger charge is 2.51. The monoisotopic (exact) mass is 370 g/mol. The summed E-state index contributed by atoms with van der Waals surface area (Å²) in [4.78, 5) is 18.1. The molecule has 0 aliphatic heterocycles. The maximum absolute atomic E-state index is 11.7. The maximum atomic E-state index is 11.7. The Morgan fingerprint density at radius 1 is 1.29 bits per heavy atom. The fourth-order valence-electron chi connectivity index (χ4n) is 5.43. The Balaban J connectivity index is 0.00000169. The van der Waals surface area contributed by atoms with Crippen molar-refractivity contribution < 1.29 is 9.53 Å². The molecule has 1 aromatic heterocycles. The first-order valence-corrected chi connectivity index (χ1v) is 9.80. The molecule has 6 heteroatoms. The van der Waals surface area contributed by atoms with E-state index in [9.17, 15) is 4.79 Å². The van der Waals surface area contributed by atoms with Crippen LogP contribution in [-0.2, 0) is 23.0 Å². The van der Waals surface area contributed by atoms with Gasteiger partial charge in [0, 0.05) is 18.1 Å². The molecule has 1 heterocycles. The normalized spacial score (nSPS) is 34.2. The summed E-state index contributed by atoms with van der Waals surface area (Å²) in [5, 5.41) is 2.07. The van der Waals surface area contributed by atoms with Crippen LogP contribution in [0.2, 0.25) is 0 Å². The van der Waals surface area contributed by atoms with Crippen molar-refractivity contribution in [1.29, 1.82) is 0 Å². The van der Waals surface area contributed by atoms with Crippen LogP contribution in [0.5, 0.6) is 0 Å². The summed E-state index contributed by atoms with van der Waals surface area (Å²) in [6, 6.07) is 0. The molecule has 4 nitrogen and oxygen atoms in total. The average molecular weight is 371 g/mol. The number of carbonyl (C=O) groups excluding carboxylic acids is 1. The molecule has 0 aromatic carbocycles. The van der Waals surface area contributed by atoms with Gasteiger partial charge in [-0.1, -0.05) is 0 Å². The van der Waals surface area contributed by atoms with Crippen LogP contribution in [0.15, 0.2) is 10.4 Å². The molecule has 134 valence electrons. The van der Waals surface area contributed by atoms with Crippen molar-refractivity contribution in [2.45, 2.75) is 57.4 Å². The molecule has 0 amide bonds. The standard InChI is InChI=1S/C18H26N2O2S.ClH/c1-3-22-16(21)7-15-11-23-17(20(15)2)19-18-8-12-4-13(9-18)6-14(5-12)10-18;/h11-14H,3-10H2,1-2H3;1H. The van der Waals surface area contributed by atoms with Gasteiger partial charge in [-0.05, 0) is 63.2 Å². The highest BCUT2D eigenvalue weighted by molar-refractivity contribution is 7.07. The zero-order valence-electron chi connectivity index (χ0n) is 14.5. The fourth-order valence-corrected chi connectivity index (χ4v) is 6.43. The number of thiazole rings is 1. The molecule has 1 aromatic rings. The van der Waals surface area contributed by atoms with Gasteiger partial charge in [0.2, 0.25) is 0 Å². The first-order valence-electron chi connectivity index (χ1n) is 8.92. The van der Waals surface area contributed by atoms with Crippen LogP contribution in [0, 0.1) is 17.8 Å². The van der Waals surface area contributed by atoms with Crippen molar-refractivity contribution in [3.8, 4) is 0 Å². The van der Waals surface area contributed by atoms with E-state index in [4.69, 9.17) is 9.73 Å². The predicted molar refractivity (Wildman–Crippen MR) is 97.3 cm³/mol. The number of hydrogen-bond donors (Lipinski definition) is 0. The van der Waals surface area contributed by atoms with Gasteiger partial charge in [-0.15, -0.1) is 23.7 Å². The third-order valence-electron chi connectivity index (χ3n) is 5.99. The van der Waals surface area contributed by atoms with E-state index in [0.29, 0.717) is 13.0 Å². The van der Waals surface area contributed by atoms with Gasteiger partial charge in [0.15, 0.2) is 4.80 Å². The van der Waals surface area contributed by atoms with Crippen LogP contribution in [-0.4, -0.2) is 22.7 Å². The minimum absolute atomic E-state index is 0. The topological polar surface area (TPSA) is 43.6 Å². The van der Waals surface area contributed by atoms with Crippen LogP contribution in [0.4, 0.5) is 0 Å². The molecule has 4 aliphatic carbocycles. The molecule has 0 N–H and O–H groups in total. The van der Waals surface area contributed by atoms with Gasteiger partial charge < -0.3 is 9.30 Å². The Morgan fingerprint density at radius 3 is 2.42 bits per heavy atom. The third-order valence-corrected chi connectivity index (χ3v) is 6.95. The summed E-state index contributed by atoms with van der Waals surface area (Å²) < 4.78 is 7.16. The smallest absolute Gasteiger partial charge is 0.311 e. The van der Waals surface area contributed by atoms with Gasteiger partial charge in [-0.2, -0.15) is 0 Å². The van der Waals surface area contributed by atoms with E-state index in [0.717, 1.165) is 28.2 Å². The molecule has 4 aliphatic rings. The molecule has 5 rings (SSSR count). The molecular weight excluding hydrogens is 344 g/mol. The van der Waals surface area contributed by atoms with Gasteiger partial charge in [-0.3, -0.25) is 9.79 Å². The Kier molecular flexibility index (Phi) is 5.12. The lowest BCUT2D eigenvalue weighted by Crippen LogP contribution is -2.50. The number of esters is 1. The van der Waals surface area contributed by atoms with Gasteiger partial charge in [0.05, 0.1) is 18.6 Å². The molecular formula is C18H27ClN2O2S. The van der Waals surface area contributed by atoms with Gasteiger partial charge in [0.1, 0.15) is 0 Å². The van der Waals surface area contributed by atoms with Gasteiger partial charge in [-0.25, -0.2) is 0 Å². The summed E-state index contributed by atoms with van der Waals surface area (Å²) in [6.45, 7) is 2.29. The summed E-state index contributed by atoms with van der Waals surface area (Å²) in [7, 11) is 2.03. The summed E-state index contributed by atoms with van der Waals surface area (Å²) >= 11 is 1.67. The van der Waals surface area contributed by atoms with Crippen LogP contribution >= 0.6 is 23.7 Å². The maximum Gasteiger partial charge on any atom is 0.311 e. The van der Waals surface area contributed by atoms with Crippen molar-refractivity contribution in [2.24, 2.45) is 29.8 Å². The number of aromatic nitrogens is 1. The molecule has 4 saturated carbocycles. The second-order valence-electron chi connectivity index (χ2n) is 7.80. The lowest BCUT2D eigenvalue weighted by atomic mass is 9.53. The SMILES string of the molecule is CCOC(=O)Cc1csc(=NC23CC4CC(CC(C4)C2)C3)n1C.Cl. The van der Waals surface area contributed by atoms with E-state index in [1.807, 2.05) is 14.0 Å². The summed E-state index contributed by atoms with van der Waals surface area (Å²) in [5.41, 5.74) is 1.20. The number of halogens is 1. The minimum Gasteiger partial charge on any atom is -0.466 e. The average Bonchev–Trinajstić information content (AvgIpc) is 2.78. The van der Waals surface area contributed by atoms with Crippen molar-refractivity contribution >= 4 is 29.7 Å². The van der Waals surface area contributed by atoms with Crippen molar-refractivity contribution in [1.82, 2.24) is 4.57 Å². The second kappa shape index (κ2) is 6.83. The molecule has 24 heavy (non-hydrogen) atoms. The lowest BCUT2D eigenvalue weighted by Gasteiger charge is -2.54. The van der Waals surface area contributed by atoms with E-state index in [1.165, 1.54) is 38.5 Å². The minimum atomic E-state index is -0.151. The first-order chi connectivity index (χ1) is 11.1. The van der Waals surface area contributed by atoms with E-state index in [-0.39, 0.29) is 23.9 Å². The van der Waals surface area contributed by atoms with Crippen LogP contribution < -0.4 is 4.80 Å². The zero-order chi connectivity index (χ0) is 16.0. The molecule has 0 spiro atoms. The summed E-state index contributed by atoms with van der Waals surface area (Å²) in [6.07, 6.45) is 8.52. The number of ether oxygens (including phenoxy) is 1. The summed E-state index contributed by atoms with van der Waals surface area (Å²) in [5.74, 6) is 2.58. The Morgan fingerprint density at radius 2 is 1.88 bits per heavy atom. The molecule has 0 unspecified atom stereocenters. The molecule has 0 radical (unpaired) electrons. The van der Waals surface area contributed by atoms with Gasteiger partial charge in [0.25, 0.3) is 0 Å². The van der Waals surface area contributed by atoms with Crippen molar-refractivity contribution in [3.05, 3.63) is 15.9 Å². The van der Waals surface area contributed by atoms with E-state index < -0.39 is 0 Å². The van der Waals surface area contributed by atoms with Crippen LogP contribution in [0.1, 0.15) is 51.1 Å². The Hall–Kier alpha value is -0.810. The van der Waals surface area contributed by atoms with Crippen molar-refractivity contribution in [2.75, 3.05) is 6.61 Å². The Labute approximate surface area is 153 Å². The molecule has 4 bridgehead atoms. The predicted octanol–water partition coefficient (Wildman–Crippen LogP) is 3.48. The zero-order valence-corrected chi connectivity index (χ0v) is 16.1. The highest BCUT2D eigenvalue weighted by atomic mass is 35.5. The van der Waals surface area contributed by atoms with E-state index in [2.05, 4.69) is 9.95 Å². The van der Waals surface area contributed by atoms with E-state index >= 15 is 0 Å².